The molecular formula is C11H9Cl3FNO3S. The first kappa shape index (κ1) is 15.8. The number of amides is 1. The van der Waals surface area contributed by atoms with Crippen LogP contribution in [0.1, 0.15) is 6.42 Å². The number of benzene rings is 1. The summed E-state index contributed by atoms with van der Waals surface area (Å²) in [6, 6.07) is 2.85. The maximum Gasteiger partial charge on any atom is 0.302 e. The zero-order valence-corrected chi connectivity index (χ0v) is 13.0. The van der Waals surface area contributed by atoms with Crippen LogP contribution in [0.4, 0.5) is 9.57 Å². The maximum absolute atomic E-state index is 12.7. The lowest BCUT2D eigenvalue weighted by Crippen LogP contribution is -2.26. The van der Waals surface area contributed by atoms with E-state index in [2.05, 4.69) is 0 Å². The second-order valence-corrected chi connectivity index (χ2v) is 7.16. The third-order valence-corrected chi connectivity index (χ3v) is 4.56. The molecule has 110 valence electrons. The van der Waals surface area contributed by atoms with Crippen LogP contribution in [0.5, 0.6) is 0 Å². The van der Waals surface area contributed by atoms with Crippen molar-refractivity contribution in [1.29, 1.82) is 0 Å². The number of hydrogen-bond donors (Lipinski definition) is 0. The first-order chi connectivity index (χ1) is 9.17. The molecule has 0 radical (unpaired) electrons. The molecule has 1 aromatic carbocycles. The molecule has 1 aliphatic rings. The van der Waals surface area contributed by atoms with E-state index >= 15 is 0 Å². The molecule has 1 atom stereocenters. The number of hydrogen-bond acceptors (Lipinski definition) is 3. The normalized spacial score (nSPS) is 19.7. The highest BCUT2D eigenvalue weighted by Crippen LogP contribution is 2.39. The van der Waals surface area contributed by atoms with Gasteiger partial charge in [0.05, 0.1) is 21.5 Å². The van der Waals surface area contributed by atoms with Crippen LogP contribution in [0.3, 0.4) is 0 Å². The highest BCUT2D eigenvalue weighted by atomic mass is 35.5. The summed E-state index contributed by atoms with van der Waals surface area (Å²) < 4.78 is 34.0. The summed E-state index contributed by atoms with van der Waals surface area (Å²) in [5, 5.41) is 0.678. The molecule has 1 aromatic rings. The average Bonchev–Trinajstić information content (AvgIpc) is 2.55. The van der Waals surface area contributed by atoms with E-state index in [1.54, 1.807) is 0 Å². The van der Waals surface area contributed by atoms with Crippen LogP contribution in [0.25, 0.3) is 0 Å². The Morgan fingerprint density at radius 3 is 2.30 bits per heavy atom. The lowest BCUT2D eigenvalue weighted by molar-refractivity contribution is -0.117. The van der Waals surface area contributed by atoms with Gasteiger partial charge in [-0.2, -0.15) is 8.42 Å². The van der Waals surface area contributed by atoms with Crippen LogP contribution in [0.2, 0.25) is 15.1 Å². The van der Waals surface area contributed by atoms with Gasteiger partial charge >= 0.3 is 10.2 Å². The number of carbonyl (C=O) groups excluding carboxylic acids is 1. The summed E-state index contributed by atoms with van der Waals surface area (Å²) in [7, 11) is -4.63. The third kappa shape index (κ3) is 3.55. The molecule has 1 unspecified atom stereocenters. The minimum absolute atomic E-state index is 0.0447. The molecule has 0 bridgehead atoms. The van der Waals surface area contributed by atoms with Crippen molar-refractivity contribution in [3.05, 3.63) is 27.2 Å². The first-order valence-corrected chi connectivity index (χ1v) is 8.23. The Labute approximate surface area is 130 Å². The standard InChI is InChI=1S/C11H9Cl3FNO3S/c12-7-2-8(13)11(9(14)3-7)16-4-6(1-10(16)17)5-20(15,18)19/h2-3,6H,1,4-5H2. The van der Waals surface area contributed by atoms with E-state index in [1.165, 1.54) is 17.0 Å². The Bertz CT molecular complexity index is 642. The van der Waals surface area contributed by atoms with Gasteiger partial charge in [-0.25, -0.2) is 0 Å². The fourth-order valence-corrected chi connectivity index (χ4v) is 3.99. The predicted molar refractivity (Wildman–Crippen MR) is 76.8 cm³/mol. The van der Waals surface area contributed by atoms with Crippen LogP contribution in [-0.2, 0) is 15.0 Å². The van der Waals surface area contributed by atoms with Crippen molar-refractivity contribution in [3.8, 4) is 0 Å². The largest absolute Gasteiger partial charge is 0.309 e. The molecule has 0 spiro atoms. The predicted octanol–water partition coefficient (Wildman–Crippen LogP) is 3.30. The number of halogens is 4. The minimum atomic E-state index is -4.63. The molecule has 1 saturated heterocycles. The van der Waals surface area contributed by atoms with Crippen molar-refractivity contribution >= 4 is 56.6 Å². The monoisotopic (exact) mass is 359 g/mol. The number of rotatable bonds is 3. The van der Waals surface area contributed by atoms with E-state index in [0.29, 0.717) is 5.02 Å². The molecule has 4 nitrogen and oxygen atoms in total. The van der Waals surface area contributed by atoms with E-state index in [9.17, 15) is 17.1 Å². The molecule has 20 heavy (non-hydrogen) atoms. The van der Waals surface area contributed by atoms with Crippen molar-refractivity contribution < 1.29 is 17.1 Å². The summed E-state index contributed by atoms with van der Waals surface area (Å²) in [4.78, 5) is 13.2. The van der Waals surface area contributed by atoms with Gasteiger partial charge in [0.25, 0.3) is 0 Å². The Kier molecular flexibility index (Phi) is 4.49. The molecule has 0 N–H and O–H groups in total. The fraction of sp³-hybridized carbons (Fsp3) is 0.364. The van der Waals surface area contributed by atoms with Crippen LogP contribution in [0, 0.1) is 5.92 Å². The maximum atomic E-state index is 12.7. The Balaban J connectivity index is 2.29. The molecule has 9 heteroatoms. The molecular weight excluding hydrogens is 352 g/mol. The Morgan fingerprint density at radius 2 is 1.80 bits per heavy atom. The van der Waals surface area contributed by atoms with E-state index in [-0.39, 0.29) is 34.6 Å². The molecule has 1 aliphatic heterocycles. The first-order valence-electron chi connectivity index (χ1n) is 5.54. The SMILES string of the molecule is O=C1CC(CS(=O)(=O)F)CN1c1c(Cl)cc(Cl)cc1Cl. The third-order valence-electron chi connectivity index (χ3n) is 2.89. The second kappa shape index (κ2) is 5.67. The van der Waals surface area contributed by atoms with Crippen molar-refractivity contribution in [2.45, 2.75) is 6.42 Å². The molecule has 1 heterocycles. The minimum Gasteiger partial charge on any atom is -0.309 e. The number of nitrogens with zero attached hydrogens (tertiary/aromatic N) is 1. The summed E-state index contributed by atoms with van der Waals surface area (Å²) in [5.41, 5.74) is 0.265. The van der Waals surface area contributed by atoms with Gasteiger partial charge in [0.2, 0.25) is 5.91 Å². The van der Waals surface area contributed by atoms with Crippen LogP contribution >= 0.6 is 34.8 Å². The second-order valence-electron chi connectivity index (χ2n) is 4.50. The lowest BCUT2D eigenvalue weighted by Gasteiger charge is -2.19. The van der Waals surface area contributed by atoms with Gasteiger partial charge in [0.15, 0.2) is 0 Å². The zero-order chi connectivity index (χ0) is 15.1. The molecule has 0 aromatic heterocycles. The molecule has 2 rings (SSSR count). The highest BCUT2D eigenvalue weighted by molar-refractivity contribution is 7.86. The van der Waals surface area contributed by atoms with Gasteiger partial charge in [-0.1, -0.05) is 34.8 Å². The van der Waals surface area contributed by atoms with Gasteiger partial charge in [0, 0.05) is 23.9 Å². The molecule has 1 amide bonds. The highest BCUT2D eigenvalue weighted by Gasteiger charge is 2.35. The van der Waals surface area contributed by atoms with Gasteiger partial charge < -0.3 is 4.90 Å². The van der Waals surface area contributed by atoms with E-state index in [0.717, 1.165) is 0 Å². The van der Waals surface area contributed by atoms with Gasteiger partial charge in [-0.05, 0) is 12.1 Å². The Morgan fingerprint density at radius 1 is 1.25 bits per heavy atom. The zero-order valence-electron chi connectivity index (χ0n) is 9.95. The number of anilines is 1. The summed E-state index contributed by atoms with van der Waals surface area (Å²) in [6.07, 6.45) is -0.0710. The van der Waals surface area contributed by atoms with Crippen molar-refractivity contribution in [3.63, 3.8) is 0 Å². The number of carbonyl (C=O) groups is 1. The van der Waals surface area contributed by atoms with Gasteiger partial charge in [-0.15, -0.1) is 3.89 Å². The van der Waals surface area contributed by atoms with Crippen molar-refractivity contribution in [1.82, 2.24) is 0 Å². The van der Waals surface area contributed by atoms with Crippen LogP contribution in [0.15, 0.2) is 12.1 Å². The molecule has 0 saturated carbocycles. The van der Waals surface area contributed by atoms with Gasteiger partial charge in [0.1, 0.15) is 0 Å². The van der Waals surface area contributed by atoms with Gasteiger partial charge in [-0.3, -0.25) is 4.79 Å². The smallest absolute Gasteiger partial charge is 0.302 e. The van der Waals surface area contributed by atoms with Crippen LogP contribution < -0.4 is 4.90 Å². The van der Waals surface area contributed by atoms with Crippen molar-refractivity contribution in [2.75, 3.05) is 17.2 Å². The summed E-state index contributed by atoms with van der Waals surface area (Å²) >= 11 is 17.8. The molecule has 0 aliphatic carbocycles. The quantitative estimate of drug-likeness (QED) is 0.777. The lowest BCUT2D eigenvalue weighted by atomic mass is 10.1. The van der Waals surface area contributed by atoms with E-state index in [1.807, 2.05) is 0 Å². The fourth-order valence-electron chi connectivity index (χ4n) is 2.18. The van der Waals surface area contributed by atoms with Crippen LogP contribution in [-0.4, -0.2) is 26.6 Å². The topological polar surface area (TPSA) is 54.5 Å². The van der Waals surface area contributed by atoms with E-state index in [4.69, 9.17) is 34.8 Å². The summed E-state index contributed by atoms with van der Waals surface area (Å²) in [5.74, 6) is -1.68. The summed E-state index contributed by atoms with van der Waals surface area (Å²) in [6.45, 7) is 0.0447. The average molecular weight is 361 g/mol. The van der Waals surface area contributed by atoms with Crippen molar-refractivity contribution in [2.24, 2.45) is 5.92 Å². The molecule has 1 fully saturated rings. The van der Waals surface area contributed by atoms with E-state index < -0.39 is 21.9 Å². The Hall–Kier alpha value is -0.560.